The summed E-state index contributed by atoms with van der Waals surface area (Å²) in [5, 5.41) is 7.83. The summed E-state index contributed by atoms with van der Waals surface area (Å²) in [6, 6.07) is 5.92. The van der Waals surface area contributed by atoms with Crippen molar-refractivity contribution in [3.8, 4) is 0 Å². The third kappa shape index (κ3) is 5.43. The second-order valence-electron chi connectivity index (χ2n) is 9.24. The molecule has 0 radical (unpaired) electrons. The van der Waals surface area contributed by atoms with Gasteiger partial charge in [0.05, 0.1) is 39.8 Å². The highest BCUT2D eigenvalue weighted by Crippen LogP contribution is 2.37. The lowest BCUT2D eigenvalue weighted by atomic mass is 9.76. The predicted octanol–water partition coefficient (Wildman–Crippen LogP) is 2.57. The molecule has 0 unspecified atom stereocenters. The molecule has 3 heterocycles. The Kier molecular flexibility index (Phi) is 7.61. The third-order valence-corrected chi connectivity index (χ3v) is 8.70. The van der Waals surface area contributed by atoms with Crippen molar-refractivity contribution in [3.05, 3.63) is 46.8 Å². The molecule has 1 aromatic heterocycles. The second-order valence-corrected chi connectivity index (χ2v) is 11.5. The van der Waals surface area contributed by atoms with Gasteiger partial charge in [0.2, 0.25) is 0 Å². The normalized spacial score (nSPS) is 17.5. The van der Waals surface area contributed by atoms with Crippen molar-refractivity contribution in [2.75, 3.05) is 32.1 Å². The number of sulfone groups is 1. The zero-order valence-corrected chi connectivity index (χ0v) is 21.2. The molecule has 0 aliphatic carbocycles. The SMILES string of the molecule is CCc1nn(CCCOC(=O)c2cccc(S(=O)(=O)CC)c2)c2c1C(=O)NCC1(CCOCC1)C2. The molecule has 4 rings (SSSR count). The van der Waals surface area contributed by atoms with E-state index in [2.05, 4.69) is 5.32 Å². The number of aryl methyl sites for hydroxylation is 2. The highest BCUT2D eigenvalue weighted by atomic mass is 32.2. The number of carbonyl (C=O) groups excluding carboxylic acids is 2. The Labute approximate surface area is 206 Å². The summed E-state index contributed by atoms with van der Waals surface area (Å²) < 4.78 is 37.1. The number of hydrogen-bond donors (Lipinski definition) is 1. The minimum atomic E-state index is -3.40. The first-order chi connectivity index (χ1) is 16.8. The van der Waals surface area contributed by atoms with Crippen LogP contribution in [-0.4, -0.2) is 62.2 Å². The van der Waals surface area contributed by atoms with Gasteiger partial charge in [0.1, 0.15) is 0 Å². The fourth-order valence-corrected chi connectivity index (χ4v) is 5.73. The van der Waals surface area contributed by atoms with Crippen LogP contribution in [0.25, 0.3) is 0 Å². The summed E-state index contributed by atoms with van der Waals surface area (Å²) in [7, 11) is -3.40. The predicted molar refractivity (Wildman–Crippen MR) is 129 cm³/mol. The van der Waals surface area contributed by atoms with E-state index in [1.165, 1.54) is 12.1 Å². The monoisotopic (exact) mass is 503 g/mol. The molecule has 0 saturated carbocycles. The molecule has 1 spiro atoms. The van der Waals surface area contributed by atoms with Gasteiger partial charge < -0.3 is 14.8 Å². The molecule has 2 aromatic rings. The molecule has 1 fully saturated rings. The van der Waals surface area contributed by atoms with Gasteiger partial charge in [-0.25, -0.2) is 13.2 Å². The zero-order valence-electron chi connectivity index (χ0n) is 20.3. The van der Waals surface area contributed by atoms with E-state index in [9.17, 15) is 18.0 Å². The van der Waals surface area contributed by atoms with Gasteiger partial charge in [0.15, 0.2) is 9.84 Å². The van der Waals surface area contributed by atoms with Crippen molar-refractivity contribution >= 4 is 21.7 Å². The Morgan fingerprint density at radius 3 is 2.74 bits per heavy atom. The molecule has 0 atom stereocenters. The Hall–Kier alpha value is -2.72. The summed E-state index contributed by atoms with van der Waals surface area (Å²) in [6.45, 7) is 6.24. The summed E-state index contributed by atoms with van der Waals surface area (Å²) in [6.07, 6.45) is 3.72. The van der Waals surface area contributed by atoms with E-state index < -0.39 is 15.8 Å². The average Bonchev–Trinajstić information content (AvgIpc) is 3.15. The first-order valence-electron chi connectivity index (χ1n) is 12.2. The van der Waals surface area contributed by atoms with Crippen LogP contribution < -0.4 is 5.32 Å². The Balaban J connectivity index is 1.43. The molecule has 0 bridgehead atoms. The van der Waals surface area contributed by atoms with Gasteiger partial charge in [-0.3, -0.25) is 9.48 Å². The zero-order chi connectivity index (χ0) is 25.1. The smallest absolute Gasteiger partial charge is 0.338 e. The Bertz CT molecular complexity index is 1200. The number of benzene rings is 1. The molecule has 1 aromatic carbocycles. The van der Waals surface area contributed by atoms with Gasteiger partial charge in [0.25, 0.3) is 5.91 Å². The lowest BCUT2D eigenvalue weighted by Crippen LogP contribution is -2.40. The molecule has 10 heteroatoms. The van der Waals surface area contributed by atoms with Gasteiger partial charge >= 0.3 is 5.97 Å². The number of carbonyl (C=O) groups is 2. The molecule has 9 nitrogen and oxygen atoms in total. The molecule has 35 heavy (non-hydrogen) atoms. The summed E-state index contributed by atoms with van der Waals surface area (Å²) >= 11 is 0. The van der Waals surface area contributed by atoms with Gasteiger partial charge in [-0.1, -0.05) is 19.9 Å². The van der Waals surface area contributed by atoms with Gasteiger partial charge in [0, 0.05) is 32.7 Å². The van der Waals surface area contributed by atoms with Crippen molar-refractivity contribution in [1.29, 1.82) is 0 Å². The number of nitrogens with one attached hydrogen (secondary N) is 1. The molecule has 1 amide bonds. The number of ether oxygens (including phenoxy) is 2. The molecular formula is C25H33N3O6S. The van der Waals surface area contributed by atoms with E-state index in [-0.39, 0.29) is 34.1 Å². The van der Waals surface area contributed by atoms with Crippen molar-refractivity contribution in [1.82, 2.24) is 15.1 Å². The van der Waals surface area contributed by atoms with Crippen molar-refractivity contribution in [2.45, 2.75) is 57.4 Å². The van der Waals surface area contributed by atoms with Crippen molar-refractivity contribution < 1.29 is 27.5 Å². The number of amides is 1. The molecule has 2 aliphatic heterocycles. The van der Waals surface area contributed by atoms with Crippen LogP contribution in [0, 0.1) is 5.41 Å². The summed E-state index contributed by atoms with van der Waals surface area (Å²) in [4.78, 5) is 25.5. The number of rotatable bonds is 8. The van der Waals surface area contributed by atoms with Gasteiger partial charge in [-0.2, -0.15) is 5.10 Å². The van der Waals surface area contributed by atoms with Crippen LogP contribution in [0.2, 0.25) is 0 Å². The highest BCUT2D eigenvalue weighted by molar-refractivity contribution is 7.91. The van der Waals surface area contributed by atoms with Crippen LogP contribution in [0.1, 0.15) is 65.2 Å². The topological polar surface area (TPSA) is 117 Å². The van der Waals surface area contributed by atoms with Crippen LogP contribution in [0.15, 0.2) is 29.2 Å². The molecule has 1 saturated heterocycles. The highest BCUT2D eigenvalue weighted by Gasteiger charge is 2.39. The van der Waals surface area contributed by atoms with E-state index in [4.69, 9.17) is 14.6 Å². The average molecular weight is 504 g/mol. The Morgan fingerprint density at radius 2 is 2.03 bits per heavy atom. The lowest BCUT2D eigenvalue weighted by molar-refractivity contribution is 0.0152. The van der Waals surface area contributed by atoms with E-state index in [1.54, 1.807) is 19.1 Å². The van der Waals surface area contributed by atoms with E-state index in [0.717, 1.165) is 30.7 Å². The molecule has 1 N–H and O–H groups in total. The number of hydrogen-bond acceptors (Lipinski definition) is 7. The molecule has 2 aliphatic rings. The van der Waals surface area contributed by atoms with Crippen LogP contribution in [0.3, 0.4) is 0 Å². The largest absolute Gasteiger partial charge is 0.462 e. The number of esters is 1. The molecular weight excluding hydrogens is 470 g/mol. The first kappa shape index (κ1) is 25.4. The van der Waals surface area contributed by atoms with Crippen molar-refractivity contribution in [2.24, 2.45) is 5.41 Å². The number of fused-ring (bicyclic) bond motifs is 1. The third-order valence-electron chi connectivity index (χ3n) is 6.97. The Morgan fingerprint density at radius 1 is 1.26 bits per heavy atom. The summed E-state index contributed by atoms with van der Waals surface area (Å²) in [5.41, 5.74) is 2.59. The first-order valence-corrected chi connectivity index (χ1v) is 13.9. The van der Waals surface area contributed by atoms with Crippen LogP contribution in [0.4, 0.5) is 0 Å². The van der Waals surface area contributed by atoms with Crippen LogP contribution >= 0.6 is 0 Å². The molecule has 190 valence electrons. The van der Waals surface area contributed by atoms with Crippen molar-refractivity contribution in [3.63, 3.8) is 0 Å². The van der Waals surface area contributed by atoms with E-state index in [1.807, 2.05) is 11.6 Å². The number of nitrogens with zero attached hydrogens (tertiary/aromatic N) is 2. The lowest BCUT2D eigenvalue weighted by Gasteiger charge is -2.36. The minimum Gasteiger partial charge on any atom is -0.462 e. The second kappa shape index (κ2) is 10.5. The standard InChI is InChI=1S/C25H33N3O6S/c1-3-20-22-21(16-25(17-26-23(22)29)9-13-33-14-10-25)28(27-20)11-6-12-34-24(30)18-7-5-8-19(15-18)35(31,32)4-2/h5,7-8,15H,3-4,6,9-14,16-17H2,1-2H3,(H,26,29). The van der Waals surface area contributed by atoms with Gasteiger partial charge in [-0.15, -0.1) is 0 Å². The maximum atomic E-state index is 12.9. The summed E-state index contributed by atoms with van der Waals surface area (Å²) in [5.74, 6) is -0.668. The van der Waals surface area contributed by atoms with Gasteiger partial charge in [-0.05, 0) is 49.3 Å². The maximum Gasteiger partial charge on any atom is 0.338 e. The van der Waals surface area contributed by atoms with E-state index >= 15 is 0 Å². The van der Waals surface area contributed by atoms with E-state index in [0.29, 0.717) is 44.7 Å². The fraction of sp³-hybridized carbons (Fsp3) is 0.560. The van der Waals surface area contributed by atoms with Crippen LogP contribution in [0.5, 0.6) is 0 Å². The quantitative estimate of drug-likeness (QED) is 0.435. The number of aromatic nitrogens is 2. The van der Waals surface area contributed by atoms with Crippen LogP contribution in [-0.2, 0) is 38.7 Å². The minimum absolute atomic E-state index is 0.0295. The fourth-order valence-electron chi connectivity index (χ4n) is 4.80. The maximum absolute atomic E-state index is 12.9.